The minimum Gasteiger partial charge on any atom is -0.324 e. The van der Waals surface area contributed by atoms with Crippen molar-refractivity contribution in [3.8, 4) is 0 Å². The summed E-state index contributed by atoms with van der Waals surface area (Å²) in [5, 5.41) is 0. The molecule has 1 aromatic heterocycles. The topological polar surface area (TPSA) is 72.2 Å². The van der Waals surface area contributed by atoms with Crippen LogP contribution in [-0.2, 0) is 10.0 Å². The molecule has 0 aliphatic heterocycles. The molecule has 1 fully saturated rings. The Morgan fingerprint density at radius 2 is 1.81 bits per heavy atom. The van der Waals surface area contributed by atoms with Crippen LogP contribution in [0.25, 0.3) is 0 Å². The lowest BCUT2D eigenvalue weighted by Crippen LogP contribution is -2.49. The molecule has 1 aliphatic carbocycles. The number of rotatable bonds is 4. The molecule has 0 unspecified atom stereocenters. The van der Waals surface area contributed by atoms with Gasteiger partial charge < -0.3 is 5.73 Å². The highest BCUT2D eigenvalue weighted by Crippen LogP contribution is 2.27. The van der Waals surface area contributed by atoms with Crippen molar-refractivity contribution in [1.82, 2.24) is 4.72 Å². The molecule has 0 saturated heterocycles. The molecule has 1 aromatic rings. The third-order valence-corrected chi connectivity index (χ3v) is 6.62. The first-order chi connectivity index (χ1) is 9.32. The average Bonchev–Trinajstić information content (AvgIpc) is 2.59. The van der Waals surface area contributed by atoms with Crippen molar-refractivity contribution in [3.63, 3.8) is 0 Å². The van der Waals surface area contributed by atoms with E-state index in [2.05, 4.69) is 4.72 Å². The number of nitrogens with one attached hydrogen (secondary N) is 1. The summed E-state index contributed by atoms with van der Waals surface area (Å²) in [6.07, 6.45) is 6.39. The van der Waals surface area contributed by atoms with Crippen molar-refractivity contribution in [1.29, 1.82) is 0 Å². The second-order valence-corrected chi connectivity index (χ2v) is 9.07. The van der Waals surface area contributed by atoms with Crippen LogP contribution < -0.4 is 10.5 Å². The van der Waals surface area contributed by atoms with Crippen molar-refractivity contribution in [2.75, 3.05) is 6.54 Å². The molecule has 1 saturated carbocycles. The monoisotopic (exact) mass is 352 g/mol. The molecule has 1 aliphatic rings. The zero-order valence-corrected chi connectivity index (χ0v) is 15.1. The number of halogens is 1. The maximum absolute atomic E-state index is 12.4. The van der Waals surface area contributed by atoms with Gasteiger partial charge in [-0.25, -0.2) is 13.1 Å². The summed E-state index contributed by atoms with van der Waals surface area (Å²) in [6.45, 7) is 4.10. The average molecular weight is 353 g/mol. The predicted octanol–water partition coefficient (Wildman–Crippen LogP) is 3.12. The summed E-state index contributed by atoms with van der Waals surface area (Å²) in [6, 6.07) is 1.73. The van der Waals surface area contributed by atoms with E-state index in [1.165, 1.54) is 24.2 Å². The van der Waals surface area contributed by atoms with E-state index in [0.717, 1.165) is 35.4 Å². The van der Waals surface area contributed by atoms with Crippen LogP contribution in [0.3, 0.4) is 0 Å². The van der Waals surface area contributed by atoms with Crippen LogP contribution in [0.2, 0.25) is 0 Å². The van der Waals surface area contributed by atoms with Crippen molar-refractivity contribution < 1.29 is 8.42 Å². The van der Waals surface area contributed by atoms with Crippen LogP contribution in [-0.4, -0.2) is 20.5 Å². The highest BCUT2D eigenvalue weighted by molar-refractivity contribution is 7.89. The molecule has 21 heavy (non-hydrogen) atoms. The van der Waals surface area contributed by atoms with E-state index in [-0.39, 0.29) is 17.9 Å². The fraction of sp³-hybridized carbons (Fsp3) is 0.714. The highest BCUT2D eigenvalue weighted by atomic mass is 35.5. The number of aryl methyl sites for hydroxylation is 2. The molecule has 3 N–H and O–H groups in total. The van der Waals surface area contributed by atoms with Gasteiger partial charge in [0.1, 0.15) is 0 Å². The SMILES string of the molecule is Cc1cc(S(=O)(=O)NCC2(N)CCCCCC2)c(C)s1.Cl. The van der Waals surface area contributed by atoms with Crippen LogP contribution in [0.4, 0.5) is 0 Å². The van der Waals surface area contributed by atoms with Crippen LogP contribution in [0.1, 0.15) is 48.3 Å². The van der Waals surface area contributed by atoms with Crippen LogP contribution >= 0.6 is 23.7 Å². The van der Waals surface area contributed by atoms with Gasteiger partial charge in [0.25, 0.3) is 0 Å². The van der Waals surface area contributed by atoms with Gasteiger partial charge in [0.2, 0.25) is 10.0 Å². The lowest BCUT2D eigenvalue weighted by atomic mass is 9.92. The lowest BCUT2D eigenvalue weighted by Gasteiger charge is -2.28. The van der Waals surface area contributed by atoms with Crippen LogP contribution in [0.15, 0.2) is 11.0 Å². The van der Waals surface area contributed by atoms with Crippen molar-refractivity contribution in [2.45, 2.75) is 62.8 Å². The Balaban J connectivity index is 0.00000220. The van der Waals surface area contributed by atoms with Gasteiger partial charge in [-0.1, -0.05) is 25.7 Å². The molecule has 4 nitrogen and oxygen atoms in total. The quantitative estimate of drug-likeness (QED) is 0.818. The number of hydrogen-bond donors (Lipinski definition) is 2. The third kappa shape index (κ3) is 4.93. The van der Waals surface area contributed by atoms with Gasteiger partial charge in [-0.3, -0.25) is 0 Å². The Hall–Kier alpha value is -0.140. The van der Waals surface area contributed by atoms with Gasteiger partial charge in [0.15, 0.2) is 0 Å². The summed E-state index contributed by atoms with van der Waals surface area (Å²) in [7, 11) is -3.44. The van der Waals surface area contributed by atoms with Gasteiger partial charge >= 0.3 is 0 Å². The Morgan fingerprint density at radius 1 is 1.24 bits per heavy atom. The van der Waals surface area contributed by atoms with E-state index in [1.807, 2.05) is 13.8 Å². The zero-order valence-electron chi connectivity index (χ0n) is 12.6. The van der Waals surface area contributed by atoms with Crippen LogP contribution in [0.5, 0.6) is 0 Å². The standard InChI is InChI=1S/C14H24N2O2S2.ClH/c1-11-9-13(12(2)19-11)20(17,18)16-10-14(15)7-5-3-4-6-8-14;/h9,16H,3-8,10,15H2,1-2H3;1H. The molecule has 0 spiro atoms. The fourth-order valence-electron chi connectivity index (χ4n) is 2.80. The van der Waals surface area contributed by atoms with E-state index in [9.17, 15) is 8.42 Å². The molecular formula is C14H25ClN2O2S2. The van der Waals surface area contributed by atoms with Gasteiger partial charge in [-0.15, -0.1) is 23.7 Å². The summed E-state index contributed by atoms with van der Waals surface area (Å²) in [5.41, 5.74) is 5.98. The second-order valence-electron chi connectivity index (χ2n) is 5.88. The molecule has 0 atom stereocenters. The second kappa shape index (κ2) is 7.42. The molecule has 0 amide bonds. The highest BCUT2D eigenvalue weighted by Gasteiger charge is 2.29. The first kappa shape index (κ1) is 18.9. The molecule has 122 valence electrons. The number of hydrogen-bond acceptors (Lipinski definition) is 4. The van der Waals surface area contributed by atoms with Crippen LogP contribution in [0, 0.1) is 13.8 Å². The van der Waals surface area contributed by atoms with E-state index in [0.29, 0.717) is 11.4 Å². The maximum Gasteiger partial charge on any atom is 0.241 e. The molecule has 0 radical (unpaired) electrons. The van der Waals surface area contributed by atoms with Crippen molar-refractivity contribution >= 4 is 33.8 Å². The molecule has 2 rings (SSSR count). The number of nitrogens with two attached hydrogens (primary N) is 1. The number of sulfonamides is 1. The third-order valence-electron chi connectivity index (χ3n) is 4.00. The molecular weight excluding hydrogens is 328 g/mol. The van der Waals surface area contributed by atoms with E-state index in [1.54, 1.807) is 6.07 Å². The first-order valence-electron chi connectivity index (χ1n) is 7.18. The summed E-state index contributed by atoms with van der Waals surface area (Å²) < 4.78 is 27.5. The fourth-order valence-corrected chi connectivity index (χ4v) is 5.49. The van der Waals surface area contributed by atoms with Crippen molar-refractivity contribution in [2.24, 2.45) is 5.73 Å². The van der Waals surface area contributed by atoms with Crippen molar-refractivity contribution in [3.05, 3.63) is 15.8 Å². The van der Waals surface area contributed by atoms with Gasteiger partial charge in [0.05, 0.1) is 4.90 Å². The first-order valence-corrected chi connectivity index (χ1v) is 9.48. The maximum atomic E-state index is 12.4. The molecule has 7 heteroatoms. The van der Waals surface area contributed by atoms with E-state index < -0.39 is 10.0 Å². The molecule has 0 bridgehead atoms. The molecule has 1 heterocycles. The minimum absolute atomic E-state index is 0. The van der Waals surface area contributed by atoms with Gasteiger partial charge in [-0.2, -0.15) is 0 Å². The Labute approximate surface area is 138 Å². The summed E-state index contributed by atoms with van der Waals surface area (Å²) >= 11 is 1.51. The Kier molecular flexibility index (Phi) is 6.68. The molecule has 0 aromatic carbocycles. The largest absolute Gasteiger partial charge is 0.324 e. The summed E-state index contributed by atoms with van der Waals surface area (Å²) in [5.74, 6) is 0. The number of thiophene rings is 1. The van der Waals surface area contributed by atoms with E-state index in [4.69, 9.17) is 5.73 Å². The minimum atomic E-state index is -3.44. The predicted molar refractivity (Wildman–Crippen MR) is 90.8 cm³/mol. The Bertz CT molecular complexity index is 562. The van der Waals surface area contributed by atoms with Gasteiger partial charge in [0, 0.05) is 21.8 Å². The van der Waals surface area contributed by atoms with Gasteiger partial charge in [-0.05, 0) is 32.8 Å². The lowest BCUT2D eigenvalue weighted by molar-refractivity contribution is 0.369. The zero-order chi connectivity index (χ0) is 14.8. The normalized spacial score (nSPS) is 18.8. The van der Waals surface area contributed by atoms with E-state index >= 15 is 0 Å². The smallest absolute Gasteiger partial charge is 0.241 e. The summed E-state index contributed by atoms with van der Waals surface area (Å²) in [4.78, 5) is 2.25. The Morgan fingerprint density at radius 3 is 2.29 bits per heavy atom.